The first-order valence-electron chi connectivity index (χ1n) is 7.89. The summed E-state index contributed by atoms with van der Waals surface area (Å²) in [5.41, 5.74) is 0.462. The van der Waals surface area contributed by atoms with Gasteiger partial charge in [0.25, 0.3) is 0 Å². The van der Waals surface area contributed by atoms with E-state index in [1.807, 2.05) is 0 Å². The number of sulfone groups is 1. The Morgan fingerprint density at radius 1 is 1.40 bits per heavy atom. The molecule has 1 saturated carbocycles. The maximum Gasteiger partial charge on any atom is 0.247 e. The molecule has 2 fully saturated rings. The molecule has 0 aromatic heterocycles. The second-order valence-electron chi connectivity index (χ2n) is 6.80. The molecule has 2 amide bonds. The Morgan fingerprint density at radius 3 is 2.60 bits per heavy atom. The van der Waals surface area contributed by atoms with Gasteiger partial charge in [0.1, 0.15) is 6.04 Å². The highest BCUT2D eigenvalue weighted by Crippen LogP contribution is 2.54. The Labute approximate surface area is 151 Å². The fourth-order valence-electron chi connectivity index (χ4n) is 3.28. The van der Waals surface area contributed by atoms with Gasteiger partial charge in [-0.3, -0.25) is 9.59 Å². The van der Waals surface area contributed by atoms with Gasteiger partial charge in [-0.25, -0.2) is 8.42 Å². The number of benzene rings is 1. The van der Waals surface area contributed by atoms with Gasteiger partial charge in [0.2, 0.25) is 11.8 Å². The standard InChI is InChI=1S/C17H19ClN2O4S/c1-3-15(21)20-10-17(6-7-17)9-13(20)16(22)19-11-4-5-14(12(18)8-11)25(2,23)24/h3-5,8,13H,1,6-7,9-10H2,2H3,(H,19,22)/t13-/m1/s1. The van der Waals surface area contributed by atoms with Crippen LogP contribution in [0.2, 0.25) is 5.02 Å². The van der Waals surface area contributed by atoms with E-state index < -0.39 is 15.9 Å². The summed E-state index contributed by atoms with van der Waals surface area (Å²) in [6, 6.07) is 3.69. The van der Waals surface area contributed by atoms with E-state index in [2.05, 4.69) is 11.9 Å². The van der Waals surface area contributed by atoms with Crippen molar-refractivity contribution in [3.8, 4) is 0 Å². The molecular weight excluding hydrogens is 364 g/mol. The molecule has 0 unspecified atom stereocenters. The molecule has 8 heteroatoms. The highest BCUT2D eigenvalue weighted by atomic mass is 35.5. The number of hydrogen-bond donors (Lipinski definition) is 1. The third kappa shape index (κ3) is 3.57. The number of carbonyl (C=O) groups excluding carboxylic acids is 2. The van der Waals surface area contributed by atoms with Gasteiger partial charge < -0.3 is 10.2 Å². The van der Waals surface area contributed by atoms with Crippen LogP contribution < -0.4 is 5.32 Å². The lowest BCUT2D eigenvalue weighted by Crippen LogP contribution is -2.42. The molecule has 1 saturated heterocycles. The summed E-state index contributed by atoms with van der Waals surface area (Å²) in [4.78, 5) is 26.3. The van der Waals surface area contributed by atoms with Crippen LogP contribution in [0.4, 0.5) is 5.69 Å². The van der Waals surface area contributed by atoms with E-state index in [1.165, 1.54) is 24.3 Å². The second kappa shape index (κ2) is 6.14. The van der Waals surface area contributed by atoms with Crippen LogP contribution in [0.15, 0.2) is 35.7 Å². The summed E-state index contributed by atoms with van der Waals surface area (Å²) in [7, 11) is -3.43. The van der Waals surface area contributed by atoms with Crippen LogP contribution in [0.1, 0.15) is 19.3 Å². The molecule has 1 aromatic carbocycles. The molecule has 1 heterocycles. The largest absolute Gasteiger partial charge is 0.327 e. The smallest absolute Gasteiger partial charge is 0.247 e. The number of nitrogens with zero attached hydrogens (tertiary/aromatic N) is 1. The number of hydrogen-bond acceptors (Lipinski definition) is 4. The Hall–Kier alpha value is -1.86. The highest BCUT2D eigenvalue weighted by molar-refractivity contribution is 7.90. The van der Waals surface area contributed by atoms with Gasteiger partial charge in [-0.1, -0.05) is 18.2 Å². The van der Waals surface area contributed by atoms with Gasteiger partial charge >= 0.3 is 0 Å². The first-order chi connectivity index (χ1) is 11.6. The van der Waals surface area contributed by atoms with E-state index in [9.17, 15) is 18.0 Å². The quantitative estimate of drug-likeness (QED) is 0.809. The zero-order chi connectivity index (χ0) is 18.4. The number of rotatable bonds is 4. The minimum atomic E-state index is -3.43. The van der Waals surface area contributed by atoms with E-state index in [0.29, 0.717) is 18.7 Å². The molecule has 1 atom stereocenters. The van der Waals surface area contributed by atoms with E-state index in [-0.39, 0.29) is 27.1 Å². The van der Waals surface area contributed by atoms with Crippen LogP contribution in [0.5, 0.6) is 0 Å². The molecule has 0 bridgehead atoms. The molecule has 2 aliphatic rings. The van der Waals surface area contributed by atoms with Crippen molar-refractivity contribution < 1.29 is 18.0 Å². The van der Waals surface area contributed by atoms with Crippen molar-refractivity contribution in [2.75, 3.05) is 18.1 Å². The van der Waals surface area contributed by atoms with Crippen molar-refractivity contribution in [3.63, 3.8) is 0 Å². The first kappa shape index (κ1) is 17.9. The lowest BCUT2D eigenvalue weighted by atomic mass is 10.0. The highest BCUT2D eigenvalue weighted by Gasteiger charge is 2.54. The maximum atomic E-state index is 12.7. The van der Waals surface area contributed by atoms with Crippen LogP contribution in [0.3, 0.4) is 0 Å². The summed E-state index contributed by atoms with van der Waals surface area (Å²) >= 11 is 6.01. The van der Waals surface area contributed by atoms with Crippen molar-refractivity contribution in [3.05, 3.63) is 35.9 Å². The molecule has 25 heavy (non-hydrogen) atoms. The topological polar surface area (TPSA) is 83.6 Å². The number of nitrogens with one attached hydrogen (secondary N) is 1. The molecule has 0 radical (unpaired) electrons. The lowest BCUT2D eigenvalue weighted by molar-refractivity contribution is -0.132. The number of amides is 2. The van der Waals surface area contributed by atoms with Crippen molar-refractivity contribution in [2.45, 2.75) is 30.2 Å². The van der Waals surface area contributed by atoms with Crippen LogP contribution >= 0.6 is 11.6 Å². The summed E-state index contributed by atoms with van der Waals surface area (Å²) < 4.78 is 23.2. The van der Waals surface area contributed by atoms with E-state index in [1.54, 1.807) is 4.90 Å². The molecule has 1 aliphatic carbocycles. The molecule has 134 valence electrons. The van der Waals surface area contributed by atoms with Crippen molar-refractivity contribution in [1.29, 1.82) is 0 Å². The second-order valence-corrected chi connectivity index (χ2v) is 9.19. The van der Waals surface area contributed by atoms with Gasteiger partial charge in [-0.05, 0) is 49.0 Å². The summed E-state index contributed by atoms with van der Waals surface area (Å²) in [6.45, 7) is 4.07. The number of likely N-dealkylation sites (tertiary alicyclic amines) is 1. The molecule has 1 N–H and O–H groups in total. The monoisotopic (exact) mass is 382 g/mol. The third-order valence-electron chi connectivity index (χ3n) is 4.82. The summed E-state index contributed by atoms with van der Waals surface area (Å²) in [5, 5.41) is 2.78. The molecular formula is C17H19ClN2O4S. The van der Waals surface area contributed by atoms with Gasteiger partial charge in [-0.15, -0.1) is 0 Å². The predicted molar refractivity (Wildman–Crippen MR) is 95.2 cm³/mol. The Balaban J connectivity index is 1.78. The normalized spacial score (nSPS) is 21.2. The molecule has 6 nitrogen and oxygen atoms in total. The van der Waals surface area contributed by atoms with Crippen LogP contribution in [-0.4, -0.2) is 44.0 Å². The van der Waals surface area contributed by atoms with Crippen molar-refractivity contribution in [2.24, 2.45) is 5.41 Å². The van der Waals surface area contributed by atoms with Crippen molar-refractivity contribution in [1.82, 2.24) is 4.90 Å². The third-order valence-corrected chi connectivity index (χ3v) is 6.40. The number of halogens is 1. The zero-order valence-electron chi connectivity index (χ0n) is 13.8. The predicted octanol–water partition coefficient (Wildman–Crippen LogP) is 2.25. The van der Waals surface area contributed by atoms with Crippen LogP contribution in [-0.2, 0) is 19.4 Å². The lowest BCUT2D eigenvalue weighted by Gasteiger charge is -2.22. The van der Waals surface area contributed by atoms with E-state index >= 15 is 0 Å². The van der Waals surface area contributed by atoms with Gasteiger partial charge in [0.05, 0.1) is 9.92 Å². The van der Waals surface area contributed by atoms with E-state index in [4.69, 9.17) is 11.6 Å². The SMILES string of the molecule is C=CC(=O)N1CC2(CC2)C[C@@H]1C(=O)Nc1ccc(S(C)(=O)=O)c(Cl)c1. The van der Waals surface area contributed by atoms with Gasteiger partial charge in [-0.2, -0.15) is 0 Å². The molecule has 1 aliphatic heterocycles. The molecule has 1 aromatic rings. The molecule has 1 spiro atoms. The maximum absolute atomic E-state index is 12.7. The minimum Gasteiger partial charge on any atom is -0.327 e. The Kier molecular flexibility index (Phi) is 4.41. The Bertz CT molecular complexity index is 861. The van der Waals surface area contributed by atoms with Gasteiger partial charge in [0.15, 0.2) is 9.84 Å². The number of carbonyl (C=O) groups is 2. The van der Waals surface area contributed by atoms with Crippen LogP contribution in [0, 0.1) is 5.41 Å². The number of anilines is 1. The first-order valence-corrected chi connectivity index (χ1v) is 10.2. The summed E-state index contributed by atoms with van der Waals surface area (Å²) in [6.07, 6.45) is 4.96. The fourth-order valence-corrected chi connectivity index (χ4v) is 4.61. The average molecular weight is 383 g/mol. The fraction of sp³-hybridized carbons (Fsp3) is 0.412. The zero-order valence-corrected chi connectivity index (χ0v) is 15.4. The molecule has 3 rings (SSSR count). The average Bonchev–Trinajstić information content (AvgIpc) is 3.16. The Morgan fingerprint density at radius 2 is 2.08 bits per heavy atom. The summed E-state index contributed by atoms with van der Waals surface area (Å²) in [5.74, 6) is -0.559. The van der Waals surface area contributed by atoms with E-state index in [0.717, 1.165) is 19.1 Å². The van der Waals surface area contributed by atoms with Crippen molar-refractivity contribution >= 4 is 38.9 Å². The van der Waals surface area contributed by atoms with Crippen LogP contribution in [0.25, 0.3) is 0 Å². The van der Waals surface area contributed by atoms with Gasteiger partial charge in [0, 0.05) is 18.5 Å². The minimum absolute atomic E-state index is 0.00780.